The van der Waals surface area contributed by atoms with E-state index in [0.717, 1.165) is 22.4 Å². The lowest BCUT2D eigenvalue weighted by Crippen LogP contribution is -2.24. The molecule has 0 spiro atoms. The smallest absolute Gasteiger partial charge is 0.368 e. The first-order valence-electron chi connectivity index (χ1n) is 8.53. The Morgan fingerprint density at radius 2 is 1.96 bits per heavy atom. The summed E-state index contributed by atoms with van der Waals surface area (Å²) in [5.74, 6) is 1.32. The molecule has 0 fully saturated rings. The van der Waals surface area contributed by atoms with Crippen molar-refractivity contribution in [1.82, 2.24) is 30.0 Å². The average molecular weight is 378 g/mol. The van der Waals surface area contributed by atoms with E-state index in [1.165, 1.54) is 9.36 Å². The summed E-state index contributed by atoms with van der Waals surface area (Å²) in [4.78, 5) is 12.8. The van der Waals surface area contributed by atoms with Gasteiger partial charge in [-0.3, -0.25) is 5.10 Å². The molecule has 0 radical (unpaired) electrons. The van der Waals surface area contributed by atoms with Crippen molar-refractivity contribution in [3.05, 3.63) is 70.9 Å². The largest absolute Gasteiger partial charge is 0.497 e. The fraction of sp³-hybridized carbons (Fsp3) is 0.158. The molecule has 9 nitrogen and oxygen atoms in total. The van der Waals surface area contributed by atoms with E-state index in [-0.39, 0.29) is 5.69 Å². The molecule has 0 saturated carbocycles. The number of aromatic amines is 1. The van der Waals surface area contributed by atoms with E-state index < -0.39 is 0 Å². The molecule has 4 rings (SSSR count). The van der Waals surface area contributed by atoms with Crippen molar-refractivity contribution in [2.75, 3.05) is 14.2 Å². The van der Waals surface area contributed by atoms with Crippen molar-refractivity contribution in [3.8, 4) is 28.3 Å². The third-order valence-corrected chi connectivity index (χ3v) is 4.34. The number of benzene rings is 2. The Labute approximate surface area is 160 Å². The molecule has 1 N–H and O–H groups in total. The lowest BCUT2D eigenvalue weighted by molar-refractivity contribution is 0.414. The predicted octanol–water partition coefficient (Wildman–Crippen LogP) is 1.88. The minimum atomic E-state index is -0.346. The molecular formula is C19H18N6O3. The van der Waals surface area contributed by atoms with Crippen LogP contribution in [0.5, 0.6) is 11.5 Å². The fourth-order valence-electron chi connectivity index (χ4n) is 2.93. The lowest BCUT2D eigenvalue weighted by atomic mass is 10.1. The van der Waals surface area contributed by atoms with Gasteiger partial charge < -0.3 is 9.47 Å². The summed E-state index contributed by atoms with van der Waals surface area (Å²) in [7, 11) is 3.17. The Hall–Kier alpha value is -3.88. The molecule has 0 saturated heterocycles. The summed E-state index contributed by atoms with van der Waals surface area (Å²) < 4.78 is 13.2. The van der Waals surface area contributed by atoms with Crippen LogP contribution in [0.15, 0.2) is 59.7 Å². The second kappa shape index (κ2) is 7.39. The van der Waals surface area contributed by atoms with Crippen LogP contribution in [0.25, 0.3) is 16.8 Å². The highest BCUT2D eigenvalue weighted by atomic mass is 16.5. The van der Waals surface area contributed by atoms with Gasteiger partial charge in [-0.25, -0.2) is 4.79 Å². The van der Waals surface area contributed by atoms with Gasteiger partial charge in [0.2, 0.25) is 0 Å². The van der Waals surface area contributed by atoms with E-state index in [4.69, 9.17) is 9.47 Å². The number of nitrogens with zero attached hydrogens (tertiary/aromatic N) is 5. The molecule has 2 heterocycles. The van der Waals surface area contributed by atoms with E-state index in [9.17, 15) is 4.79 Å². The number of rotatable bonds is 6. The predicted molar refractivity (Wildman–Crippen MR) is 102 cm³/mol. The summed E-state index contributed by atoms with van der Waals surface area (Å²) in [5, 5.41) is 14.7. The van der Waals surface area contributed by atoms with Crippen molar-refractivity contribution >= 4 is 0 Å². The molecule has 0 aliphatic rings. The Morgan fingerprint density at radius 3 is 2.71 bits per heavy atom. The zero-order chi connectivity index (χ0) is 19.5. The average Bonchev–Trinajstić information content (AvgIpc) is 3.38. The van der Waals surface area contributed by atoms with Gasteiger partial charge in [-0.2, -0.15) is 14.5 Å². The van der Waals surface area contributed by atoms with Crippen LogP contribution in [0.3, 0.4) is 0 Å². The second-order valence-corrected chi connectivity index (χ2v) is 6.05. The monoisotopic (exact) mass is 378 g/mol. The SMILES string of the molecule is COc1cccc(Cn2nnn(-c3ccc(-c4cn[nH]c4)c(OC)c3)c2=O)c1. The topological polar surface area (TPSA) is 99.8 Å². The Balaban J connectivity index is 1.66. The number of hydrogen-bond acceptors (Lipinski definition) is 6. The fourth-order valence-corrected chi connectivity index (χ4v) is 2.93. The Morgan fingerprint density at radius 1 is 1.07 bits per heavy atom. The summed E-state index contributed by atoms with van der Waals surface area (Å²) in [5.41, 5.74) is 2.85. The highest BCUT2D eigenvalue weighted by Gasteiger charge is 2.13. The van der Waals surface area contributed by atoms with Crippen LogP contribution in [-0.2, 0) is 6.54 Å². The quantitative estimate of drug-likeness (QED) is 0.550. The van der Waals surface area contributed by atoms with Crippen molar-refractivity contribution in [3.63, 3.8) is 0 Å². The van der Waals surface area contributed by atoms with Crippen LogP contribution >= 0.6 is 0 Å². The maximum absolute atomic E-state index is 12.8. The number of tetrazole rings is 1. The van der Waals surface area contributed by atoms with Crippen LogP contribution in [0.1, 0.15) is 5.56 Å². The van der Waals surface area contributed by atoms with E-state index in [0.29, 0.717) is 18.0 Å². The highest BCUT2D eigenvalue weighted by molar-refractivity contribution is 5.70. The molecule has 28 heavy (non-hydrogen) atoms. The van der Waals surface area contributed by atoms with Crippen LogP contribution in [0.2, 0.25) is 0 Å². The van der Waals surface area contributed by atoms with E-state index in [1.807, 2.05) is 30.3 Å². The molecular weight excluding hydrogens is 360 g/mol. The highest BCUT2D eigenvalue weighted by Crippen LogP contribution is 2.30. The molecule has 4 aromatic rings. The van der Waals surface area contributed by atoms with Crippen LogP contribution < -0.4 is 15.2 Å². The molecule has 2 aromatic heterocycles. The van der Waals surface area contributed by atoms with E-state index >= 15 is 0 Å². The minimum absolute atomic E-state index is 0.292. The summed E-state index contributed by atoms with van der Waals surface area (Å²) in [6, 6.07) is 12.8. The molecule has 142 valence electrons. The third-order valence-electron chi connectivity index (χ3n) is 4.34. The van der Waals surface area contributed by atoms with Gasteiger partial charge in [0.25, 0.3) is 0 Å². The maximum Gasteiger partial charge on any atom is 0.368 e. The maximum atomic E-state index is 12.8. The number of H-pyrrole nitrogens is 1. The van der Waals surface area contributed by atoms with Gasteiger partial charge in [-0.1, -0.05) is 12.1 Å². The molecule has 0 amide bonds. The molecule has 9 heteroatoms. The first kappa shape index (κ1) is 17.5. The van der Waals surface area contributed by atoms with Crippen LogP contribution in [-0.4, -0.2) is 44.2 Å². The third kappa shape index (κ3) is 3.25. The van der Waals surface area contributed by atoms with E-state index in [1.54, 1.807) is 38.7 Å². The molecule has 2 aromatic carbocycles. The molecule has 0 atom stereocenters. The number of aromatic nitrogens is 6. The lowest BCUT2D eigenvalue weighted by Gasteiger charge is -2.08. The normalized spacial score (nSPS) is 10.8. The molecule has 0 bridgehead atoms. The first-order chi connectivity index (χ1) is 13.7. The van der Waals surface area contributed by atoms with Gasteiger partial charge in [0.05, 0.1) is 32.6 Å². The number of ether oxygens (including phenoxy) is 2. The van der Waals surface area contributed by atoms with Crippen molar-refractivity contribution in [1.29, 1.82) is 0 Å². The van der Waals surface area contributed by atoms with E-state index in [2.05, 4.69) is 20.6 Å². The van der Waals surface area contributed by atoms with Gasteiger partial charge in [-0.05, 0) is 40.3 Å². The van der Waals surface area contributed by atoms with Gasteiger partial charge in [0, 0.05) is 23.4 Å². The van der Waals surface area contributed by atoms with Gasteiger partial charge in [-0.15, -0.1) is 0 Å². The molecule has 0 unspecified atom stereocenters. The Bertz CT molecular complexity index is 1150. The van der Waals surface area contributed by atoms with Crippen molar-refractivity contribution in [2.24, 2.45) is 0 Å². The van der Waals surface area contributed by atoms with Gasteiger partial charge >= 0.3 is 5.69 Å². The standard InChI is InChI=1S/C19H18N6O3/c1-27-16-5-3-4-13(8-16)12-24-19(26)25(23-22-24)15-6-7-17(18(9-15)28-2)14-10-20-21-11-14/h3-11H,12H2,1-2H3,(H,20,21). The summed E-state index contributed by atoms with van der Waals surface area (Å²) in [6.07, 6.45) is 3.47. The zero-order valence-electron chi connectivity index (χ0n) is 15.4. The van der Waals surface area contributed by atoms with Gasteiger partial charge in [0.1, 0.15) is 11.5 Å². The number of hydrogen-bond donors (Lipinski definition) is 1. The summed E-state index contributed by atoms with van der Waals surface area (Å²) >= 11 is 0. The minimum Gasteiger partial charge on any atom is -0.497 e. The Kier molecular flexibility index (Phi) is 4.63. The van der Waals surface area contributed by atoms with Crippen molar-refractivity contribution in [2.45, 2.75) is 6.54 Å². The van der Waals surface area contributed by atoms with Crippen molar-refractivity contribution < 1.29 is 9.47 Å². The second-order valence-electron chi connectivity index (χ2n) is 6.05. The summed E-state index contributed by atoms with van der Waals surface area (Å²) in [6.45, 7) is 0.292. The molecule has 0 aliphatic carbocycles. The van der Waals surface area contributed by atoms with Gasteiger partial charge in [0.15, 0.2) is 0 Å². The first-order valence-corrected chi connectivity index (χ1v) is 8.53. The number of methoxy groups -OCH3 is 2. The molecule has 0 aliphatic heterocycles. The zero-order valence-corrected chi connectivity index (χ0v) is 15.4. The van der Waals surface area contributed by atoms with Crippen LogP contribution in [0.4, 0.5) is 0 Å². The number of nitrogens with one attached hydrogen (secondary N) is 1. The van der Waals surface area contributed by atoms with Crippen LogP contribution in [0, 0.1) is 0 Å².